The molecular weight excluding hydrogens is 404 g/mol. The molecule has 6 heteroatoms. The third-order valence-corrected chi connectivity index (χ3v) is 5.86. The van der Waals surface area contributed by atoms with E-state index in [1.165, 1.54) is 4.90 Å². The summed E-state index contributed by atoms with van der Waals surface area (Å²) >= 11 is 0. The Hall–Kier alpha value is -3.80. The smallest absolute Gasteiger partial charge is 0.291 e. The summed E-state index contributed by atoms with van der Waals surface area (Å²) in [6.45, 7) is 4.00. The summed E-state index contributed by atoms with van der Waals surface area (Å²) in [6, 6.07) is 15.6. The van der Waals surface area contributed by atoms with Gasteiger partial charge in [0.15, 0.2) is 5.78 Å². The highest BCUT2D eigenvalue weighted by Gasteiger charge is 2.51. The zero-order valence-electron chi connectivity index (χ0n) is 18.2. The molecule has 6 nitrogen and oxygen atoms in total. The molecule has 4 rings (SSSR count). The first-order valence-electron chi connectivity index (χ1n) is 10.4. The van der Waals surface area contributed by atoms with Crippen LogP contribution in [0.3, 0.4) is 0 Å². The lowest BCUT2D eigenvalue weighted by molar-refractivity contribution is -0.141. The van der Waals surface area contributed by atoms with Gasteiger partial charge >= 0.3 is 0 Å². The molecule has 162 valence electrons. The molecule has 2 heterocycles. The molecule has 0 radical (unpaired) electrons. The zero-order chi connectivity index (χ0) is 22.8. The number of aryl methyl sites for hydroxylation is 2. The number of benzene rings is 2. The van der Waals surface area contributed by atoms with Gasteiger partial charge in [0.2, 0.25) is 5.78 Å². The predicted octanol–water partition coefficient (Wildman–Crippen LogP) is 3.86. The van der Waals surface area contributed by atoms with Crippen molar-refractivity contribution in [1.82, 2.24) is 9.88 Å². The summed E-state index contributed by atoms with van der Waals surface area (Å²) < 4.78 is 5.28. The fourth-order valence-electron chi connectivity index (χ4n) is 4.19. The van der Waals surface area contributed by atoms with E-state index in [2.05, 4.69) is 4.98 Å². The van der Waals surface area contributed by atoms with Crippen LogP contribution in [0.15, 0.2) is 67.0 Å². The molecule has 1 aromatic heterocycles. The van der Waals surface area contributed by atoms with Gasteiger partial charge in [-0.1, -0.05) is 35.9 Å². The fourth-order valence-corrected chi connectivity index (χ4v) is 4.19. The van der Waals surface area contributed by atoms with Crippen molar-refractivity contribution >= 4 is 17.5 Å². The van der Waals surface area contributed by atoms with Gasteiger partial charge in [0.1, 0.15) is 11.7 Å². The van der Waals surface area contributed by atoms with Crippen molar-refractivity contribution in [2.75, 3.05) is 7.11 Å². The van der Waals surface area contributed by atoms with Crippen LogP contribution in [0.1, 0.15) is 38.7 Å². The van der Waals surface area contributed by atoms with Crippen molar-refractivity contribution < 1.29 is 19.1 Å². The van der Waals surface area contributed by atoms with Crippen LogP contribution in [-0.2, 0) is 16.1 Å². The van der Waals surface area contributed by atoms with Crippen LogP contribution in [0.25, 0.3) is 0 Å². The van der Waals surface area contributed by atoms with E-state index in [0.29, 0.717) is 11.3 Å². The van der Waals surface area contributed by atoms with E-state index >= 15 is 0 Å². The summed E-state index contributed by atoms with van der Waals surface area (Å²) in [7, 11) is 1.56. The molecular formula is C26H24N2O4. The number of methoxy groups -OCH3 is 1. The molecule has 0 N–H and O–H groups in total. The molecule has 2 atom stereocenters. The van der Waals surface area contributed by atoms with Gasteiger partial charge in [0, 0.05) is 24.5 Å². The van der Waals surface area contributed by atoms with Crippen LogP contribution < -0.4 is 4.74 Å². The topological polar surface area (TPSA) is 76.6 Å². The van der Waals surface area contributed by atoms with Gasteiger partial charge in [0.25, 0.3) is 5.91 Å². The summed E-state index contributed by atoms with van der Waals surface area (Å²) in [5.41, 5.74) is 3.77. The normalized spacial score (nSPS) is 18.2. The van der Waals surface area contributed by atoms with E-state index in [1.54, 1.807) is 43.8 Å². The number of ether oxygens (including phenoxy) is 1. The zero-order valence-corrected chi connectivity index (χ0v) is 18.2. The molecule has 32 heavy (non-hydrogen) atoms. The number of rotatable bonds is 6. The number of carbonyl (C=O) groups is 3. The van der Waals surface area contributed by atoms with Crippen LogP contribution in [0.2, 0.25) is 0 Å². The van der Waals surface area contributed by atoms with E-state index < -0.39 is 23.7 Å². The molecule has 1 aliphatic heterocycles. The Balaban J connectivity index is 1.77. The van der Waals surface area contributed by atoms with Crippen LogP contribution in [0.5, 0.6) is 5.75 Å². The minimum absolute atomic E-state index is 0.197. The van der Waals surface area contributed by atoms with Gasteiger partial charge in [-0.15, -0.1) is 0 Å². The number of hydrogen-bond acceptors (Lipinski definition) is 5. The second-order valence-corrected chi connectivity index (χ2v) is 8.04. The summed E-state index contributed by atoms with van der Waals surface area (Å²) in [4.78, 5) is 45.3. The van der Waals surface area contributed by atoms with Crippen molar-refractivity contribution in [3.05, 3.63) is 94.8 Å². The molecule has 3 aromatic rings. The first-order chi connectivity index (χ1) is 15.4. The van der Waals surface area contributed by atoms with Crippen LogP contribution in [0, 0.1) is 19.8 Å². The molecule has 1 aliphatic rings. The number of amides is 1. The lowest BCUT2D eigenvalue weighted by Crippen LogP contribution is -2.30. The first-order valence-corrected chi connectivity index (χ1v) is 10.4. The quantitative estimate of drug-likeness (QED) is 0.339. The summed E-state index contributed by atoms with van der Waals surface area (Å²) in [5, 5.41) is 0. The number of Topliss-reactive ketones (excluding diaryl/α,β-unsaturated/α-hetero) is 2. The Morgan fingerprint density at radius 3 is 2.44 bits per heavy atom. The molecule has 0 aliphatic carbocycles. The Morgan fingerprint density at radius 2 is 1.81 bits per heavy atom. The molecule has 2 aromatic carbocycles. The predicted molar refractivity (Wildman–Crippen MR) is 119 cm³/mol. The fraction of sp³-hybridized carbons (Fsp3) is 0.231. The number of nitrogens with zero attached hydrogens (tertiary/aromatic N) is 2. The standard InChI is InChI=1S/C26H24N2O4/c1-16-6-8-19(9-7-16)23-22(24(29)20-10-11-21(32-3)17(2)13-20)25(30)26(31)28(23)15-18-5-4-12-27-14-18/h4-14,22-23H,15H2,1-3H3. The Bertz CT molecular complexity index is 1170. The molecule has 0 spiro atoms. The first kappa shape index (κ1) is 21.4. The average Bonchev–Trinajstić information content (AvgIpc) is 3.04. The minimum Gasteiger partial charge on any atom is -0.496 e. The van der Waals surface area contributed by atoms with Crippen molar-refractivity contribution in [3.63, 3.8) is 0 Å². The third kappa shape index (κ3) is 3.91. The number of likely N-dealkylation sites (tertiary alicyclic amines) is 1. The molecule has 0 bridgehead atoms. The maximum absolute atomic E-state index is 13.6. The second kappa shape index (κ2) is 8.75. The van der Waals surface area contributed by atoms with E-state index in [-0.39, 0.29) is 12.3 Å². The monoisotopic (exact) mass is 428 g/mol. The molecule has 1 amide bonds. The van der Waals surface area contributed by atoms with Crippen LogP contribution >= 0.6 is 0 Å². The van der Waals surface area contributed by atoms with Crippen molar-refractivity contribution in [1.29, 1.82) is 0 Å². The highest BCUT2D eigenvalue weighted by molar-refractivity contribution is 6.44. The Labute approximate surface area is 186 Å². The number of ketones is 2. The number of hydrogen-bond donors (Lipinski definition) is 0. The maximum atomic E-state index is 13.6. The molecule has 1 saturated heterocycles. The van der Waals surface area contributed by atoms with Crippen molar-refractivity contribution in [2.24, 2.45) is 5.92 Å². The third-order valence-electron chi connectivity index (χ3n) is 5.86. The number of aromatic nitrogens is 1. The SMILES string of the molecule is COc1ccc(C(=O)C2C(=O)C(=O)N(Cc3cccnc3)C2c2ccc(C)cc2)cc1C. The summed E-state index contributed by atoms with van der Waals surface area (Å²) in [5.74, 6) is -2.16. The van der Waals surface area contributed by atoms with Gasteiger partial charge in [-0.3, -0.25) is 19.4 Å². The Morgan fingerprint density at radius 1 is 1.06 bits per heavy atom. The lowest BCUT2D eigenvalue weighted by atomic mass is 9.85. The van der Waals surface area contributed by atoms with Crippen LogP contribution in [0.4, 0.5) is 0 Å². The van der Waals surface area contributed by atoms with Gasteiger partial charge in [0.05, 0.1) is 13.2 Å². The second-order valence-electron chi connectivity index (χ2n) is 8.04. The number of carbonyl (C=O) groups excluding carboxylic acids is 3. The largest absolute Gasteiger partial charge is 0.496 e. The minimum atomic E-state index is -1.12. The Kier molecular flexibility index (Phi) is 5.86. The molecule has 1 fully saturated rings. The van der Waals surface area contributed by atoms with Crippen molar-refractivity contribution in [3.8, 4) is 5.75 Å². The van der Waals surface area contributed by atoms with Gasteiger partial charge in [-0.2, -0.15) is 0 Å². The van der Waals surface area contributed by atoms with Crippen LogP contribution in [-0.4, -0.2) is 34.5 Å². The average molecular weight is 428 g/mol. The van der Waals surface area contributed by atoms with Gasteiger partial charge in [-0.25, -0.2) is 0 Å². The van der Waals surface area contributed by atoms with Gasteiger partial charge < -0.3 is 9.64 Å². The van der Waals surface area contributed by atoms with Gasteiger partial charge in [-0.05, 0) is 54.8 Å². The summed E-state index contributed by atoms with van der Waals surface area (Å²) in [6.07, 6.45) is 3.31. The lowest BCUT2D eigenvalue weighted by Gasteiger charge is -2.27. The maximum Gasteiger partial charge on any atom is 0.291 e. The van der Waals surface area contributed by atoms with E-state index in [1.807, 2.05) is 44.2 Å². The van der Waals surface area contributed by atoms with E-state index in [4.69, 9.17) is 4.74 Å². The molecule has 2 unspecified atom stereocenters. The van der Waals surface area contributed by atoms with E-state index in [9.17, 15) is 14.4 Å². The number of pyridine rings is 1. The molecule has 0 saturated carbocycles. The van der Waals surface area contributed by atoms with Crippen molar-refractivity contribution in [2.45, 2.75) is 26.4 Å². The highest BCUT2D eigenvalue weighted by atomic mass is 16.5. The highest BCUT2D eigenvalue weighted by Crippen LogP contribution is 2.39. The van der Waals surface area contributed by atoms with E-state index in [0.717, 1.165) is 22.3 Å².